The minimum Gasteiger partial charge on any atom is -0.354 e. The van der Waals surface area contributed by atoms with Gasteiger partial charge in [0.15, 0.2) is 0 Å². The van der Waals surface area contributed by atoms with Crippen molar-refractivity contribution in [2.45, 2.75) is 44.7 Å². The Kier molecular flexibility index (Phi) is 8.01. The standard InChI is InChI=1S/C19H28N4O3.ClH/c1-14(16-6-2-7-17(11-16)23(25)26)22-10-4-5-15(13-22)12-21-19(24)18-8-3-9-20-18;/h2,6-7,11,14-15,18,20H,3-5,8-10,12-13H2,1H3,(H,21,24);1H. The zero-order valence-corrected chi connectivity index (χ0v) is 16.5. The van der Waals surface area contributed by atoms with Crippen LogP contribution in [0.25, 0.3) is 0 Å². The molecular formula is C19H29ClN4O3. The normalized spacial score (nSPS) is 24.0. The summed E-state index contributed by atoms with van der Waals surface area (Å²) < 4.78 is 0. The van der Waals surface area contributed by atoms with Gasteiger partial charge in [-0.15, -0.1) is 12.4 Å². The van der Waals surface area contributed by atoms with Crippen molar-refractivity contribution in [3.8, 4) is 0 Å². The van der Waals surface area contributed by atoms with Gasteiger partial charge < -0.3 is 10.6 Å². The van der Waals surface area contributed by atoms with Crippen molar-refractivity contribution < 1.29 is 9.72 Å². The fourth-order valence-corrected chi connectivity index (χ4v) is 4.00. The SMILES string of the molecule is CC(c1cccc([N+](=O)[O-])c1)N1CCCC(CNC(=O)C2CCCN2)C1.Cl. The molecule has 1 aromatic carbocycles. The van der Waals surface area contributed by atoms with Crippen LogP contribution in [0.15, 0.2) is 24.3 Å². The first-order valence-electron chi connectivity index (χ1n) is 9.54. The first-order valence-corrected chi connectivity index (χ1v) is 9.54. The third-order valence-corrected chi connectivity index (χ3v) is 5.60. The van der Waals surface area contributed by atoms with Crippen molar-refractivity contribution in [1.29, 1.82) is 0 Å². The molecule has 3 unspecified atom stereocenters. The van der Waals surface area contributed by atoms with Gasteiger partial charge in [-0.3, -0.25) is 19.8 Å². The van der Waals surface area contributed by atoms with E-state index < -0.39 is 0 Å². The second kappa shape index (κ2) is 10.0. The van der Waals surface area contributed by atoms with Gasteiger partial charge >= 0.3 is 0 Å². The molecule has 0 saturated carbocycles. The van der Waals surface area contributed by atoms with Gasteiger partial charge in [-0.2, -0.15) is 0 Å². The summed E-state index contributed by atoms with van der Waals surface area (Å²) in [6.45, 7) is 5.62. The number of hydrogen-bond donors (Lipinski definition) is 2. The third kappa shape index (κ3) is 5.64. The van der Waals surface area contributed by atoms with Gasteiger partial charge in [0.05, 0.1) is 11.0 Å². The monoisotopic (exact) mass is 396 g/mol. The quantitative estimate of drug-likeness (QED) is 0.570. The smallest absolute Gasteiger partial charge is 0.269 e. The van der Waals surface area contributed by atoms with E-state index >= 15 is 0 Å². The Morgan fingerprint density at radius 1 is 1.41 bits per heavy atom. The minimum absolute atomic E-state index is 0. The summed E-state index contributed by atoms with van der Waals surface area (Å²) in [5.41, 5.74) is 1.11. The predicted octanol–water partition coefficient (Wildman–Crippen LogP) is 2.66. The van der Waals surface area contributed by atoms with Crippen molar-refractivity contribution in [3.63, 3.8) is 0 Å². The molecule has 8 heteroatoms. The number of piperidine rings is 1. The highest BCUT2D eigenvalue weighted by atomic mass is 35.5. The van der Waals surface area contributed by atoms with E-state index in [1.807, 2.05) is 6.07 Å². The number of nitrogens with zero attached hydrogens (tertiary/aromatic N) is 2. The molecular weight excluding hydrogens is 368 g/mol. The highest BCUT2D eigenvalue weighted by Crippen LogP contribution is 2.28. The molecule has 0 spiro atoms. The molecule has 3 atom stereocenters. The number of non-ortho nitro benzene ring substituents is 1. The second-order valence-corrected chi connectivity index (χ2v) is 7.43. The van der Waals surface area contributed by atoms with E-state index in [1.165, 1.54) is 6.07 Å². The van der Waals surface area contributed by atoms with Crippen LogP contribution in [-0.2, 0) is 4.79 Å². The molecule has 2 N–H and O–H groups in total. The first kappa shape index (κ1) is 21.6. The number of amides is 1. The predicted molar refractivity (Wildman–Crippen MR) is 107 cm³/mol. The van der Waals surface area contributed by atoms with Gasteiger partial charge in [0, 0.05) is 31.3 Å². The van der Waals surface area contributed by atoms with Crippen molar-refractivity contribution in [3.05, 3.63) is 39.9 Å². The highest BCUT2D eigenvalue weighted by molar-refractivity contribution is 5.85. The summed E-state index contributed by atoms with van der Waals surface area (Å²) in [5.74, 6) is 0.543. The largest absolute Gasteiger partial charge is 0.354 e. The Hall–Kier alpha value is -1.70. The summed E-state index contributed by atoms with van der Waals surface area (Å²) in [7, 11) is 0. The van der Waals surface area contributed by atoms with E-state index in [1.54, 1.807) is 12.1 Å². The van der Waals surface area contributed by atoms with Crippen molar-refractivity contribution in [2.75, 3.05) is 26.2 Å². The lowest BCUT2D eigenvalue weighted by Crippen LogP contribution is -2.45. The molecule has 1 amide bonds. The maximum Gasteiger partial charge on any atom is 0.269 e. The molecule has 27 heavy (non-hydrogen) atoms. The van der Waals surface area contributed by atoms with Gasteiger partial charge in [-0.05, 0) is 57.2 Å². The fourth-order valence-electron chi connectivity index (χ4n) is 4.00. The lowest BCUT2D eigenvalue weighted by molar-refractivity contribution is -0.385. The molecule has 7 nitrogen and oxygen atoms in total. The van der Waals surface area contributed by atoms with E-state index in [0.29, 0.717) is 12.5 Å². The van der Waals surface area contributed by atoms with E-state index in [0.717, 1.165) is 50.9 Å². The Morgan fingerprint density at radius 3 is 2.93 bits per heavy atom. The summed E-state index contributed by atoms with van der Waals surface area (Å²) in [5, 5.41) is 17.3. The number of rotatable bonds is 6. The maximum atomic E-state index is 12.2. The molecule has 0 aliphatic carbocycles. The average Bonchev–Trinajstić information content (AvgIpc) is 3.20. The van der Waals surface area contributed by atoms with Gasteiger partial charge in [0.1, 0.15) is 0 Å². The summed E-state index contributed by atoms with van der Waals surface area (Å²) in [4.78, 5) is 25.2. The lowest BCUT2D eigenvalue weighted by Gasteiger charge is -2.37. The second-order valence-electron chi connectivity index (χ2n) is 7.43. The van der Waals surface area contributed by atoms with Crippen molar-refractivity contribution >= 4 is 24.0 Å². The Bertz CT molecular complexity index is 652. The van der Waals surface area contributed by atoms with Crippen LogP contribution in [0.4, 0.5) is 5.69 Å². The summed E-state index contributed by atoms with van der Waals surface area (Å²) in [6, 6.07) is 7.00. The summed E-state index contributed by atoms with van der Waals surface area (Å²) in [6.07, 6.45) is 4.18. The molecule has 2 fully saturated rings. The van der Waals surface area contributed by atoms with E-state index in [2.05, 4.69) is 22.5 Å². The Labute approximate surface area is 166 Å². The number of benzene rings is 1. The van der Waals surface area contributed by atoms with Gasteiger partial charge in [0.2, 0.25) is 5.91 Å². The first-order chi connectivity index (χ1) is 12.5. The molecule has 2 heterocycles. The number of nitrogens with one attached hydrogen (secondary N) is 2. The number of carbonyl (C=O) groups excluding carboxylic acids is 1. The molecule has 150 valence electrons. The fraction of sp³-hybridized carbons (Fsp3) is 0.632. The molecule has 2 aliphatic heterocycles. The molecule has 0 aromatic heterocycles. The van der Waals surface area contributed by atoms with Crippen LogP contribution in [0.3, 0.4) is 0 Å². The third-order valence-electron chi connectivity index (χ3n) is 5.60. The lowest BCUT2D eigenvalue weighted by atomic mass is 9.95. The topological polar surface area (TPSA) is 87.5 Å². The number of hydrogen-bond acceptors (Lipinski definition) is 5. The highest BCUT2D eigenvalue weighted by Gasteiger charge is 2.27. The number of carbonyl (C=O) groups is 1. The molecule has 3 rings (SSSR count). The van der Waals surface area contributed by atoms with E-state index in [-0.39, 0.29) is 41.0 Å². The van der Waals surface area contributed by atoms with Crippen LogP contribution in [0.2, 0.25) is 0 Å². The van der Waals surface area contributed by atoms with E-state index in [9.17, 15) is 14.9 Å². The maximum absolute atomic E-state index is 12.2. The van der Waals surface area contributed by atoms with Crippen LogP contribution >= 0.6 is 12.4 Å². The Balaban J connectivity index is 0.00000261. The van der Waals surface area contributed by atoms with Crippen LogP contribution in [0.1, 0.15) is 44.2 Å². The number of likely N-dealkylation sites (tertiary alicyclic amines) is 1. The van der Waals surface area contributed by atoms with Crippen LogP contribution in [-0.4, -0.2) is 48.0 Å². The van der Waals surface area contributed by atoms with Crippen LogP contribution < -0.4 is 10.6 Å². The zero-order chi connectivity index (χ0) is 18.5. The van der Waals surface area contributed by atoms with Gasteiger partial charge in [-0.1, -0.05) is 12.1 Å². The number of nitro groups is 1. The van der Waals surface area contributed by atoms with E-state index in [4.69, 9.17) is 0 Å². The minimum atomic E-state index is -0.345. The number of nitro benzene ring substituents is 1. The zero-order valence-electron chi connectivity index (χ0n) is 15.7. The Morgan fingerprint density at radius 2 is 2.22 bits per heavy atom. The van der Waals surface area contributed by atoms with Crippen LogP contribution in [0, 0.1) is 16.0 Å². The summed E-state index contributed by atoms with van der Waals surface area (Å²) >= 11 is 0. The van der Waals surface area contributed by atoms with Gasteiger partial charge in [-0.25, -0.2) is 0 Å². The number of halogens is 1. The molecule has 1 aromatic rings. The average molecular weight is 397 g/mol. The molecule has 0 bridgehead atoms. The van der Waals surface area contributed by atoms with Crippen molar-refractivity contribution in [2.24, 2.45) is 5.92 Å². The molecule has 2 saturated heterocycles. The molecule has 0 radical (unpaired) electrons. The van der Waals surface area contributed by atoms with Gasteiger partial charge in [0.25, 0.3) is 5.69 Å². The van der Waals surface area contributed by atoms with Crippen molar-refractivity contribution in [1.82, 2.24) is 15.5 Å². The van der Waals surface area contributed by atoms with Crippen LogP contribution in [0.5, 0.6) is 0 Å². The molecule has 2 aliphatic rings.